The van der Waals surface area contributed by atoms with E-state index >= 15 is 0 Å². The molecule has 0 aromatic carbocycles. The largest absolute Gasteiger partial charge is 0.394 e. The van der Waals surface area contributed by atoms with Gasteiger partial charge in [-0.05, 0) is 27.2 Å². The monoisotopic (exact) mass is 527 g/mol. The molecule has 7 atom stereocenters. The molecule has 3 unspecified atom stereocenters. The van der Waals surface area contributed by atoms with Crippen LogP contribution in [0.25, 0.3) is 0 Å². The van der Waals surface area contributed by atoms with Crippen LogP contribution in [0.15, 0.2) is 25.3 Å². The number of amides is 3. The molecule has 32 heavy (non-hydrogen) atoms. The molecule has 0 aromatic heterocycles. The van der Waals surface area contributed by atoms with Gasteiger partial charge in [-0.15, -0.1) is 24.9 Å². The predicted octanol–water partition coefficient (Wildman–Crippen LogP) is 1.90. The summed E-state index contributed by atoms with van der Waals surface area (Å²) in [5.74, 6) is -1.55. The number of nitrogens with zero attached hydrogens (tertiary/aromatic N) is 3. The third-order valence-electron chi connectivity index (χ3n) is 7.00. The van der Waals surface area contributed by atoms with E-state index in [-0.39, 0.29) is 40.4 Å². The molecule has 0 radical (unpaired) electrons. The molecule has 3 saturated heterocycles. The molecular formula is C23H34BrN3O4S. The van der Waals surface area contributed by atoms with E-state index in [9.17, 15) is 19.5 Å². The fourth-order valence-electron chi connectivity index (χ4n) is 5.58. The van der Waals surface area contributed by atoms with Gasteiger partial charge in [-0.1, -0.05) is 28.1 Å². The summed E-state index contributed by atoms with van der Waals surface area (Å²) in [5, 5.41) is 9.86. The number of hydrogen-bond acceptors (Lipinski definition) is 5. The molecule has 3 heterocycles. The van der Waals surface area contributed by atoms with E-state index < -0.39 is 28.7 Å². The predicted molar refractivity (Wildman–Crippen MR) is 130 cm³/mol. The van der Waals surface area contributed by atoms with Crippen LogP contribution in [0.2, 0.25) is 0 Å². The maximum atomic E-state index is 14.0. The van der Waals surface area contributed by atoms with Gasteiger partial charge in [0.05, 0.1) is 29.2 Å². The zero-order valence-corrected chi connectivity index (χ0v) is 21.6. The Kier molecular flexibility index (Phi) is 7.52. The Bertz CT molecular complexity index is 808. The quantitative estimate of drug-likeness (QED) is 0.365. The Morgan fingerprint density at radius 1 is 1.28 bits per heavy atom. The molecule has 1 spiro atoms. The van der Waals surface area contributed by atoms with Crippen LogP contribution in [-0.2, 0) is 14.4 Å². The van der Waals surface area contributed by atoms with Crippen molar-refractivity contribution >= 4 is 45.4 Å². The standard InChI is InChI=1S/C23H34BrN3O4S/c1-7-9-25(6)20(29)16-17-21(30)27(14(5)12-28)19(22(31)26(10-8-2)13(3)4)23(17)11-15(24)18(16)32-23/h7-8,13-19,28H,1-2,9-12H2,3-6H3/t14-,15?,16+,17+,18+,19?,23?/m1/s1. The Morgan fingerprint density at radius 2 is 1.91 bits per heavy atom. The van der Waals surface area contributed by atoms with Crippen LogP contribution in [0.5, 0.6) is 0 Å². The van der Waals surface area contributed by atoms with Crippen LogP contribution in [0, 0.1) is 11.8 Å². The van der Waals surface area contributed by atoms with E-state index in [2.05, 4.69) is 29.1 Å². The first-order valence-electron chi connectivity index (χ1n) is 11.1. The van der Waals surface area contributed by atoms with Crippen LogP contribution < -0.4 is 0 Å². The molecule has 3 aliphatic rings. The molecular weight excluding hydrogens is 494 g/mol. The second-order valence-electron chi connectivity index (χ2n) is 9.32. The zero-order valence-electron chi connectivity index (χ0n) is 19.2. The number of fused-ring (bicyclic) bond motifs is 1. The summed E-state index contributed by atoms with van der Waals surface area (Å²) < 4.78 is -0.708. The van der Waals surface area contributed by atoms with Crippen molar-refractivity contribution in [3.8, 4) is 0 Å². The van der Waals surface area contributed by atoms with E-state index in [0.29, 0.717) is 19.5 Å². The highest BCUT2D eigenvalue weighted by molar-refractivity contribution is 9.09. The Morgan fingerprint density at radius 3 is 2.44 bits per heavy atom. The van der Waals surface area contributed by atoms with E-state index in [0.717, 1.165) is 0 Å². The van der Waals surface area contributed by atoms with Gasteiger partial charge in [-0.3, -0.25) is 14.4 Å². The number of aliphatic hydroxyl groups is 1. The van der Waals surface area contributed by atoms with Crippen LogP contribution in [0.4, 0.5) is 0 Å². The molecule has 3 aliphatic heterocycles. The van der Waals surface area contributed by atoms with Gasteiger partial charge in [0.1, 0.15) is 6.04 Å². The number of rotatable bonds is 9. The summed E-state index contributed by atoms with van der Waals surface area (Å²) in [4.78, 5) is 46.2. The van der Waals surface area contributed by atoms with E-state index in [1.807, 2.05) is 13.8 Å². The van der Waals surface area contributed by atoms with Gasteiger partial charge in [-0.25, -0.2) is 0 Å². The van der Waals surface area contributed by atoms with Crippen molar-refractivity contribution in [2.75, 3.05) is 26.7 Å². The van der Waals surface area contributed by atoms with Crippen molar-refractivity contribution in [3.63, 3.8) is 0 Å². The van der Waals surface area contributed by atoms with Crippen LogP contribution in [0.1, 0.15) is 27.2 Å². The van der Waals surface area contributed by atoms with E-state index in [1.54, 1.807) is 52.6 Å². The topological polar surface area (TPSA) is 81.2 Å². The zero-order chi connectivity index (χ0) is 24.0. The third-order valence-corrected chi connectivity index (χ3v) is 10.2. The molecule has 1 N–H and O–H groups in total. The average Bonchev–Trinajstić information content (AvgIpc) is 3.33. The lowest BCUT2D eigenvalue weighted by molar-refractivity contribution is -0.147. The number of carbonyl (C=O) groups is 3. The lowest BCUT2D eigenvalue weighted by atomic mass is 9.70. The summed E-state index contributed by atoms with van der Waals surface area (Å²) in [6.07, 6.45) is 3.98. The third kappa shape index (κ3) is 3.74. The lowest BCUT2D eigenvalue weighted by Crippen LogP contribution is -2.58. The van der Waals surface area contributed by atoms with Gasteiger partial charge in [0.15, 0.2) is 0 Å². The van der Waals surface area contributed by atoms with Gasteiger partial charge in [0.25, 0.3) is 0 Å². The second kappa shape index (κ2) is 9.50. The normalized spacial score (nSPS) is 33.9. The molecule has 0 aliphatic carbocycles. The minimum absolute atomic E-state index is 0.0224. The van der Waals surface area contributed by atoms with Crippen LogP contribution >= 0.6 is 27.7 Å². The maximum absolute atomic E-state index is 14.0. The molecule has 178 valence electrons. The van der Waals surface area contributed by atoms with Crippen molar-refractivity contribution in [2.24, 2.45) is 11.8 Å². The Labute approximate surface area is 203 Å². The van der Waals surface area contributed by atoms with Gasteiger partial charge in [-0.2, -0.15) is 0 Å². The molecule has 3 rings (SSSR count). The first kappa shape index (κ1) is 25.3. The Balaban J connectivity index is 2.11. The minimum atomic E-state index is -0.734. The minimum Gasteiger partial charge on any atom is -0.394 e. The lowest BCUT2D eigenvalue weighted by Gasteiger charge is -2.40. The summed E-state index contributed by atoms with van der Waals surface area (Å²) in [5.41, 5.74) is 0. The SMILES string of the molecule is C=CCN(C)C(=O)[C@H]1[C@H]2C(=O)N([C@H](C)CO)C(C(=O)N(CC=C)C(C)C)C23CC(Br)[C@@H]1S3. The van der Waals surface area contributed by atoms with E-state index in [4.69, 9.17) is 0 Å². The molecule has 0 aromatic rings. The molecule has 9 heteroatoms. The van der Waals surface area contributed by atoms with E-state index in [1.165, 1.54) is 0 Å². The second-order valence-corrected chi connectivity index (χ2v) is 12.0. The maximum Gasteiger partial charge on any atom is 0.247 e. The highest BCUT2D eigenvalue weighted by Crippen LogP contribution is 2.68. The van der Waals surface area contributed by atoms with Crippen molar-refractivity contribution in [1.29, 1.82) is 0 Å². The fraction of sp³-hybridized carbons (Fsp3) is 0.696. The van der Waals surface area contributed by atoms with Crippen molar-refractivity contribution in [2.45, 2.75) is 60.1 Å². The van der Waals surface area contributed by atoms with Crippen molar-refractivity contribution in [1.82, 2.24) is 14.7 Å². The smallest absolute Gasteiger partial charge is 0.247 e. The molecule has 3 fully saturated rings. The highest BCUT2D eigenvalue weighted by atomic mass is 79.9. The molecule has 2 bridgehead atoms. The summed E-state index contributed by atoms with van der Waals surface area (Å²) in [6.45, 7) is 13.7. The number of likely N-dealkylation sites (tertiary alicyclic amines) is 1. The number of likely N-dealkylation sites (N-methyl/N-ethyl adjacent to an activating group) is 1. The Hall–Kier alpha value is -1.32. The van der Waals surface area contributed by atoms with Gasteiger partial charge in [0.2, 0.25) is 17.7 Å². The number of alkyl halides is 1. The van der Waals surface area contributed by atoms with Crippen LogP contribution in [-0.4, -0.2) is 97.2 Å². The number of thioether (sulfide) groups is 1. The van der Waals surface area contributed by atoms with Gasteiger partial charge in [0, 0.05) is 36.3 Å². The number of hydrogen-bond donors (Lipinski definition) is 1. The molecule has 0 saturated carbocycles. The van der Waals surface area contributed by atoms with Crippen LogP contribution in [0.3, 0.4) is 0 Å². The number of carbonyl (C=O) groups excluding carboxylic acids is 3. The van der Waals surface area contributed by atoms with Gasteiger partial charge < -0.3 is 19.8 Å². The summed E-state index contributed by atoms with van der Waals surface area (Å²) in [6, 6.07) is -1.33. The number of aliphatic hydroxyl groups excluding tert-OH is 1. The average molecular weight is 529 g/mol. The highest BCUT2D eigenvalue weighted by Gasteiger charge is 2.76. The van der Waals surface area contributed by atoms with Crippen molar-refractivity contribution in [3.05, 3.63) is 25.3 Å². The summed E-state index contributed by atoms with van der Waals surface area (Å²) in [7, 11) is 1.72. The summed E-state index contributed by atoms with van der Waals surface area (Å²) >= 11 is 5.37. The first-order valence-corrected chi connectivity index (χ1v) is 12.9. The number of halogens is 1. The van der Waals surface area contributed by atoms with Gasteiger partial charge >= 0.3 is 0 Å². The fourth-order valence-corrected chi connectivity index (χ4v) is 9.17. The first-order chi connectivity index (χ1) is 15.1. The van der Waals surface area contributed by atoms with Crippen molar-refractivity contribution < 1.29 is 19.5 Å². The molecule has 3 amide bonds. The molecule has 7 nitrogen and oxygen atoms in total.